The first-order valence-corrected chi connectivity index (χ1v) is 7.21. The fourth-order valence-corrected chi connectivity index (χ4v) is 2.78. The van der Waals surface area contributed by atoms with Crippen LogP contribution in [0.2, 0.25) is 5.02 Å². The van der Waals surface area contributed by atoms with Gasteiger partial charge in [-0.2, -0.15) is 0 Å². The number of thiazole rings is 1. The Morgan fingerprint density at radius 2 is 2.26 bits per heavy atom. The van der Waals surface area contributed by atoms with E-state index in [4.69, 9.17) is 17.3 Å². The second-order valence-electron chi connectivity index (χ2n) is 4.54. The Morgan fingerprint density at radius 1 is 1.47 bits per heavy atom. The molecule has 1 aliphatic carbocycles. The molecule has 0 unspecified atom stereocenters. The lowest BCUT2D eigenvalue weighted by Gasteiger charge is -2.05. The van der Waals surface area contributed by atoms with Crippen LogP contribution in [0, 0.1) is 0 Å². The Hall–Kier alpha value is -1.59. The molecule has 1 saturated carbocycles. The third-order valence-electron chi connectivity index (χ3n) is 3.00. The van der Waals surface area contributed by atoms with E-state index in [0.717, 1.165) is 5.69 Å². The third-order valence-corrected chi connectivity index (χ3v) is 4.01. The summed E-state index contributed by atoms with van der Waals surface area (Å²) in [5.41, 5.74) is 7.63. The van der Waals surface area contributed by atoms with E-state index in [1.807, 2.05) is 5.38 Å². The Morgan fingerprint density at radius 3 is 2.95 bits per heavy atom. The van der Waals surface area contributed by atoms with Gasteiger partial charge in [0.2, 0.25) is 0 Å². The topological polar surface area (TPSA) is 68.0 Å². The summed E-state index contributed by atoms with van der Waals surface area (Å²) in [5, 5.41) is 5.89. The number of hydrogen-bond donors (Lipinski definition) is 2. The van der Waals surface area contributed by atoms with Crippen molar-refractivity contribution in [2.24, 2.45) is 0 Å². The highest BCUT2D eigenvalue weighted by Gasteiger charge is 2.26. The fraction of sp³-hybridized carbons (Fsp3) is 0.231. The van der Waals surface area contributed by atoms with Crippen LogP contribution in [-0.2, 0) is 0 Å². The highest BCUT2D eigenvalue weighted by Crippen LogP contribution is 2.40. The van der Waals surface area contributed by atoms with Gasteiger partial charge in [0.25, 0.3) is 5.91 Å². The Kier molecular flexibility index (Phi) is 3.16. The number of nitrogens with zero attached hydrogens (tertiary/aromatic N) is 1. The SMILES string of the molecule is Nc1cc(Cl)ccc1C(=O)Nc1nc(C2CC2)cs1. The molecule has 4 nitrogen and oxygen atoms in total. The number of nitrogens with two attached hydrogens (primary N) is 1. The molecule has 0 spiro atoms. The molecule has 1 aliphatic rings. The number of hydrogen-bond acceptors (Lipinski definition) is 4. The largest absolute Gasteiger partial charge is 0.398 e. The number of rotatable bonds is 3. The predicted octanol–water partition coefficient (Wildman–Crippen LogP) is 3.51. The van der Waals surface area contributed by atoms with Crippen molar-refractivity contribution in [1.82, 2.24) is 4.98 Å². The molecule has 98 valence electrons. The van der Waals surface area contributed by atoms with E-state index < -0.39 is 0 Å². The molecule has 6 heteroatoms. The second kappa shape index (κ2) is 4.83. The molecule has 0 aliphatic heterocycles. The average Bonchev–Trinajstić information content (AvgIpc) is 3.10. The van der Waals surface area contributed by atoms with Gasteiger partial charge >= 0.3 is 0 Å². The van der Waals surface area contributed by atoms with Gasteiger partial charge in [-0.1, -0.05) is 11.6 Å². The molecule has 1 aromatic heterocycles. The number of nitrogen functional groups attached to an aromatic ring is 1. The van der Waals surface area contributed by atoms with Crippen LogP contribution in [0.3, 0.4) is 0 Å². The molecular weight excluding hydrogens is 282 g/mol. The van der Waals surface area contributed by atoms with Crippen molar-refractivity contribution in [3.63, 3.8) is 0 Å². The smallest absolute Gasteiger partial charge is 0.259 e. The summed E-state index contributed by atoms with van der Waals surface area (Å²) in [6, 6.07) is 4.82. The molecule has 0 atom stereocenters. The van der Waals surface area contributed by atoms with Crippen molar-refractivity contribution in [3.8, 4) is 0 Å². The van der Waals surface area contributed by atoms with Crippen molar-refractivity contribution >= 4 is 39.7 Å². The Balaban J connectivity index is 1.76. The Labute approximate surface area is 119 Å². The van der Waals surface area contributed by atoms with E-state index in [2.05, 4.69) is 10.3 Å². The van der Waals surface area contributed by atoms with E-state index in [9.17, 15) is 4.79 Å². The standard InChI is InChI=1S/C13H12ClN3OS/c14-8-3-4-9(10(15)5-8)12(18)17-13-16-11(6-19-13)7-1-2-7/h3-7H,1-2,15H2,(H,16,17,18). The van der Waals surface area contributed by atoms with Gasteiger partial charge in [-0.05, 0) is 31.0 Å². The minimum Gasteiger partial charge on any atom is -0.398 e. The molecule has 2 aromatic rings. The number of carbonyl (C=O) groups excluding carboxylic acids is 1. The van der Waals surface area contributed by atoms with Crippen molar-refractivity contribution < 1.29 is 4.79 Å². The number of anilines is 2. The van der Waals surface area contributed by atoms with Gasteiger partial charge in [0.05, 0.1) is 11.3 Å². The number of nitrogens with one attached hydrogen (secondary N) is 1. The minimum absolute atomic E-state index is 0.258. The van der Waals surface area contributed by atoms with Crippen LogP contribution in [0.5, 0.6) is 0 Å². The number of amides is 1. The van der Waals surface area contributed by atoms with Crippen LogP contribution in [-0.4, -0.2) is 10.9 Å². The number of aromatic nitrogens is 1. The molecular formula is C13H12ClN3OS. The summed E-state index contributed by atoms with van der Waals surface area (Å²) in [4.78, 5) is 16.5. The fourth-order valence-electron chi connectivity index (χ4n) is 1.81. The maximum absolute atomic E-state index is 12.1. The van der Waals surface area contributed by atoms with Gasteiger partial charge in [-0.15, -0.1) is 11.3 Å². The normalized spacial score (nSPS) is 14.4. The van der Waals surface area contributed by atoms with Crippen LogP contribution in [0.15, 0.2) is 23.6 Å². The second-order valence-corrected chi connectivity index (χ2v) is 5.83. The first-order valence-electron chi connectivity index (χ1n) is 5.95. The van der Waals surface area contributed by atoms with Gasteiger partial charge in [-0.3, -0.25) is 10.1 Å². The molecule has 3 rings (SSSR count). The van der Waals surface area contributed by atoms with Crippen LogP contribution in [0.4, 0.5) is 10.8 Å². The van der Waals surface area contributed by atoms with E-state index in [1.165, 1.54) is 24.2 Å². The van der Waals surface area contributed by atoms with Gasteiger partial charge < -0.3 is 5.73 Å². The number of benzene rings is 1. The van der Waals surface area contributed by atoms with Crippen LogP contribution < -0.4 is 11.1 Å². The van der Waals surface area contributed by atoms with Crippen molar-refractivity contribution in [1.29, 1.82) is 0 Å². The van der Waals surface area contributed by atoms with E-state index >= 15 is 0 Å². The van der Waals surface area contributed by atoms with Crippen LogP contribution in [0.25, 0.3) is 0 Å². The summed E-state index contributed by atoms with van der Waals surface area (Å²) in [7, 11) is 0. The average molecular weight is 294 g/mol. The maximum Gasteiger partial charge on any atom is 0.259 e. The van der Waals surface area contributed by atoms with Crippen molar-refractivity contribution in [2.75, 3.05) is 11.1 Å². The molecule has 1 fully saturated rings. The van der Waals surface area contributed by atoms with Crippen LogP contribution in [0.1, 0.15) is 34.8 Å². The summed E-state index contributed by atoms with van der Waals surface area (Å²) in [6.45, 7) is 0. The molecule has 0 saturated heterocycles. The van der Waals surface area contributed by atoms with Crippen molar-refractivity contribution in [2.45, 2.75) is 18.8 Å². The van der Waals surface area contributed by atoms with Gasteiger partial charge in [-0.25, -0.2) is 4.98 Å². The maximum atomic E-state index is 12.1. The van der Waals surface area contributed by atoms with Crippen LogP contribution >= 0.6 is 22.9 Å². The first kappa shape index (κ1) is 12.4. The van der Waals surface area contributed by atoms with E-state index in [1.54, 1.807) is 18.2 Å². The van der Waals surface area contributed by atoms with E-state index in [-0.39, 0.29) is 5.91 Å². The summed E-state index contributed by atoms with van der Waals surface area (Å²) < 4.78 is 0. The zero-order valence-corrected chi connectivity index (χ0v) is 11.6. The molecule has 1 heterocycles. The first-order chi connectivity index (χ1) is 9.13. The minimum atomic E-state index is -0.258. The molecule has 0 radical (unpaired) electrons. The lowest BCUT2D eigenvalue weighted by Crippen LogP contribution is -2.13. The van der Waals surface area contributed by atoms with Gasteiger partial charge in [0.1, 0.15) is 0 Å². The lowest BCUT2D eigenvalue weighted by atomic mass is 10.2. The summed E-state index contributed by atoms with van der Waals surface area (Å²) in [5.74, 6) is 0.327. The molecule has 19 heavy (non-hydrogen) atoms. The highest BCUT2D eigenvalue weighted by molar-refractivity contribution is 7.14. The number of carbonyl (C=O) groups is 1. The zero-order valence-electron chi connectivity index (χ0n) is 10.0. The zero-order chi connectivity index (χ0) is 13.4. The van der Waals surface area contributed by atoms with Gasteiger partial charge in [0.15, 0.2) is 5.13 Å². The highest BCUT2D eigenvalue weighted by atomic mass is 35.5. The molecule has 1 aromatic carbocycles. The quantitative estimate of drug-likeness (QED) is 0.851. The molecule has 0 bridgehead atoms. The molecule has 3 N–H and O–H groups in total. The monoisotopic (exact) mass is 293 g/mol. The Bertz CT molecular complexity index is 637. The molecule has 1 amide bonds. The summed E-state index contributed by atoms with van der Waals surface area (Å²) in [6.07, 6.45) is 2.39. The van der Waals surface area contributed by atoms with E-state index in [0.29, 0.717) is 27.3 Å². The van der Waals surface area contributed by atoms with Gasteiger partial charge in [0, 0.05) is 22.0 Å². The third kappa shape index (κ3) is 2.72. The number of halogens is 1. The predicted molar refractivity (Wildman–Crippen MR) is 77.9 cm³/mol. The summed E-state index contributed by atoms with van der Waals surface area (Å²) >= 11 is 7.24. The lowest BCUT2D eigenvalue weighted by molar-refractivity contribution is 0.102. The van der Waals surface area contributed by atoms with Crippen molar-refractivity contribution in [3.05, 3.63) is 39.9 Å².